The molecule has 1 atom stereocenters. The number of hydrogen-bond acceptors (Lipinski definition) is 3. The minimum Gasteiger partial charge on any atom is -0.340 e. The Morgan fingerprint density at radius 1 is 1.23 bits per heavy atom. The van der Waals surface area contributed by atoms with E-state index in [9.17, 15) is 4.79 Å². The molecule has 0 N–H and O–H groups in total. The summed E-state index contributed by atoms with van der Waals surface area (Å²) in [6, 6.07) is 10.5. The normalized spacial score (nSPS) is 23.3. The van der Waals surface area contributed by atoms with Gasteiger partial charge in [0, 0.05) is 13.1 Å². The van der Waals surface area contributed by atoms with Crippen LogP contribution in [0.25, 0.3) is 0 Å². The fourth-order valence-corrected chi connectivity index (χ4v) is 3.57. The highest BCUT2D eigenvalue weighted by Crippen LogP contribution is 2.50. The molecule has 1 aliphatic carbocycles. The lowest BCUT2D eigenvalue weighted by Crippen LogP contribution is -2.45. The van der Waals surface area contributed by atoms with Crippen molar-refractivity contribution in [3.8, 4) is 0 Å². The first-order valence-electron chi connectivity index (χ1n) is 7.99. The number of piperidine rings is 1. The molecule has 1 amide bonds. The lowest BCUT2D eigenvalue weighted by molar-refractivity contribution is -0.135. The van der Waals surface area contributed by atoms with Crippen molar-refractivity contribution in [3.05, 3.63) is 48.5 Å². The van der Waals surface area contributed by atoms with Gasteiger partial charge in [0.1, 0.15) is 12.7 Å². The fraction of sp³-hybridized carbons (Fsp3) is 0.471. The Kier molecular flexibility index (Phi) is 3.21. The molecule has 0 bridgehead atoms. The second kappa shape index (κ2) is 5.23. The SMILES string of the molecule is O=C(N1CCC[C@H](n2cncn2)C1)C1(c2ccccc2)CC1. The Morgan fingerprint density at radius 2 is 2.05 bits per heavy atom. The summed E-state index contributed by atoms with van der Waals surface area (Å²) in [5.74, 6) is 0.295. The first-order valence-corrected chi connectivity index (χ1v) is 7.99. The first-order chi connectivity index (χ1) is 10.8. The molecule has 1 aromatic carbocycles. The van der Waals surface area contributed by atoms with E-state index in [1.54, 1.807) is 12.7 Å². The predicted molar refractivity (Wildman–Crippen MR) is 82.2 cm³/mol. The van der Waals surface area contributed by atoms with Gasteiger partial charge < -0.3 is 4.90 Å². The van der Waals surface area contributed by atoms with Crippen molar-refractivity contribution in [2.45, 2.75) is 37.1 Å². The molecule has 2 fully saturated rings. The number of carbonyl (C=O) groups is 1. The summed E-state index contributed by atoms with van der Waals surface area (Å²) in [5, 5.41) is 4.24. The monoisotopic (exact) mass is 296 g/mol. The zero-order valence-corrected chi connectivity index (χ0v) is 12.6. The first kappa shape index (κ1) is 13.5. The van der Waals surface area contributed by atoms with Gasteiger partial charge in [-0.15, -0.1) is 0 Å². The Labute approximate surface area is 130 Å². The van der Waals surface area contributed by atoms with E-state index in [1.807, 2.05) is 27.8 Å². The topological polar surface area (TPSA) is 51.0 Å². The van der Waals surface area contributed by atoms with Crippen LogP contribution < -0.4 is 0 Å². The van der Waals surface area contributed by atoms with E-state index in [-0.39, 0.29) is 11.5 Å². The maximum Gasteiger partial charge on any atom is 0.233 e. The van der Waals surface area contributed by atoms with Gasteiger partial charge in [0.25, 0.3) is 0 Å². The summed E-state index contributed by atoms with van der Waals surface area (Å²) in [7, 11) is 0. The third-order valence-corrected chi connectivity index (χ3v) is 4.98. The molecule has 114 valence electrons. The van der Waals surface area contributed by atoms with E-state index in [4.69, 9.17) is 0 Å². The van der Waals surface area contributed by atoms with Gasteiger partial charge in [0.15, 0.2) is 0 Å². The van der Waals surface area contributed by atoms with Gasteiger partial charge in [-0.25, -0.2) is 9.67 Å². The molecular weight excluding hydrogens is 276 g/mol. The third kappa shape index (κ3) is 2.21. The Balaban J connectivity index is 1.53. The molecule has 0 radical (unpaired) electrons. The summed E-state index contributed by atoms with van der Waals surface area (Å²) < 4.78 is 1.89. The number of carbonyl (C=O) groups excluding carboxylic acids is 1. The number of likely N-dealkylation sites (tertiary alicyclic amines) is 1. The van der Waals surface area contributed by atoms with Crippen molar-refractivity contribution in [1.29, 1.82) is 0 Å². The largest absolute Gasteiger partial charge is 0.340 e. The lowest BCUT2D eigenvalue weighted by atomic mass is 9.93. The molecule has 2 heterocycles. The third-order valence-electron chi connectivity index (χ3n) is 4.98. The Hall–Kier alpha value is -2.17. The van der Waals surface area contributed by atoms with Crippen LogP contribution in [0.1, 0.15) is 37.3 Å². The van der Waals surface area contributed by atoms with Crippen LogP contribution in [0.5, 0.6) is 0 Å². The Morgan fingerprint density at radius 3 is 2.73 bits per heavy atom. The van der Waals surface area contributed by atoms with E-state index in [1.165, 1.54) is 5.56 Å². The number of nitrogens with zero attached hydrogens (tertiary/aromatic N) is 4. The molecule has 1 aliphatic heterocycles. The number of aromatic nitrogens is 3. The molecule has 0 unspecified atom stereocenters. The van der Waals surface area contributed by atoms with Crippen LogP contribution in [0.2, 0.25) is 0 Å². The zero-order valence-electron chi connectivity index (χ0n) is 12.6. The molecule has 4 rings (SSSR count). The maximum atomic E-state index is 13.1. The van der Waals surface area contributed by atoms with Gasteiger partial charge in [-0.1, -0.05) is 30.3 Å². The zero-order chi connectivity index (χ0) is 15.0. The number of rotatable bonds is 3. The van der Waals surface area contributed by atoms with Crippen LogP contribution in [-0.4, -0.2) is 38.7 Å². The molecule has 1 saturated heterocycles. The molecule has 0 spiro atoms. The van der Waals surface area contributed by atoms with E-state index in [0.717, 1.165) is 38.8 Å². The van der Waals surface area contributed by atoms with Crippen LogP contribution in [0.3, 0.4) is 0 Å². The van der Waals surface area contributed by atoms with Crippen molar-refractivity contribution in [1.82, 2.24) is 19.7 Å². The van der Waals surface area contributed by atoms with Crippen molar-refractivity contribution < 1.29 is 4.79 Å². The molecule has 2 aromatic rings. The molecule has 5 heteroatoms. The summed E-state index contributed by atoms with van der Waals surface area (Å²) in [4.78, 5) is 19.1. The van der Waals surface area contributed by atoms with Crippen LogP contribution >= 0.6 is 0 Å². The van der Waals surface area contributed by atoms with E-state index in [2.05, 4.69) is 22.2 Å². The molecular formula is C17H20N4O. The van der Waals surface area contributed by atoms with Gasteiger partial charge in [-0.3, -0.25) is 4.79 Å². The van der Waals surface area contributed by atoms with Crippen molar-refractivity contribution >= 4 is 5.91 Å². The lowest BCUT2D eigenvalue weighted by Gasteiger charge is -2.35. The van der Waals surface area contributed by atoms with Crippen molar-refractivity contribution in [2.24, 2.45) is 0 Å². The maximum absolute atomic E-state index is 13.1. The molecule has 2 aliphatic rings. The molecule has 1 aromatic heterocycles. The standard InChI is InChI=1S/C17H20N4O/c22-16(17(8-9-17)14-5-2-1-3-6-14)20-10-4-7-15(11-20)21-13-18-12-19-21/h1-3,5-6,12-13,15H,4,7-11H2/t15-/m0/s1. The Bertz CT molecular complexity index is 649. The highest BCUT2D eigenvalue weighted by atomic mass is 16.2. The minimum absolute atomic E-state index is 0.256. The predicted octanol–water partition coefficient (Wildman–Crippen LogP) is 2.17. The number of amides is 1. The van der Waals surface area contributed by atoms with Crippen molar-refractivity contribution in [3.63, 3.8) is 0 Å². The average molecular weight is 296 g/mol. The quantitative estimate of drug-likeness (QED) is 0.872. The molecule has 5 nitrogen and oxygen atoms in total. The smallest absolute Gasteiger partial charge is 0.233 e. The van der Waals surface area contributed by atoms with Crippen LogP contribution in [0.15, 0.2) is 43.0 Å². The van der Waals surface area contributed by atoms with Gasteiger partial charge in [0.05, 0.1) is 11.5 Å². The van der Waals surface area contributed by atoms with Crippen LogP contribution in [0.4, 0.5) is 0 Å². The van der Waals surface area contributed by atoms with Crippen LogP contribution in [0, 0.1) is 0 Å². The summed E-state index contributed by atoms with van der Waals surface area (Å²) >= 11 is 0. The molecule has 22 heavy (non-hydrogen) atoms. The second-order valence-electron chi connectivity index (χ2n) is 6.37. The highest BCUT2D eigenvalue weighted by molar-refractivity contribution is 5.91. The van der Waals surface area contributed by atoms with Crippen LogP contribution in [-0.2, 0) is 10.2 Å². The minimum atomic E-state index is -0.258. The van der Waals surface area contributed by atoms with E-state index in [0.29, 0.717) is 5.91 Å². The van der Waals surface area contributed by atoms with Gasteiger partial charge >= 0.3 is 0 Å². The average Bonchev–Trinajstić information content (AvgIpc) is 3.21. The second-order valence-corrected chi connectivity index (χ2v) is 6.37. The van der Waals surface area contributed by atoms with E-state index < -0.39 is 0 Å². The number of hydrogen-bond donors (Lipinski definition) is 0. The number of benzene rings is 1. The van der Waals surface area contributed by atoms with E-state index >= 15 is 0 Å². The summed E-state index contributed by atoms with van der Waals surface area (Å²) in [5.41, 5.74) is 0.911. The molecule has 1 saturated carbocycles. The highest BCUT2D eigenvalue weighted by Gasteiger charge is 2.53. The fourth-order valence-electron chi connectivity index (χ4n) is 3.57. The summed E-state index contributed by atoms with van der Waals surface area (Å²) in [6.07, 6.45) is 7.35. The van der Waals surface area contributed by atoms with Crippen molar-refractivity contribution in [2.75, 3.05) is 13.1 Å². The van der Waals surface area contributed by atoms with Gasteiger partial charge in [0.2, 0.25) is 5.91 Å². The summed E-state index contributed by atoms with van der Waals surface area (Å²) in [6.45, 7) is 1.61. The van der Waals surface area contributed by atoms with Gasteiger partial charge in [-0.2, -0.15) is 5.10 Å². The van der Waals surface area contributed by atoms with Gasteiger partial charge in [-0.05, 0) is 31.2 Å².